The van der Waals surface area contributed by atoms with E-state index in [4.69, 9.17) is 0 Å². The molecule has 0 unspecified atom stereocenters. The molecular weight excluding hydrogens is 520 g/mol. The van der Waals surface area contributed by atoms with Crippen molar-refractivity contribution in [3.63, 3.8) is 0 Å². The van der Waals surface area contributed by atoms with Gasteiger partial charge in [0.25, 0.3) is 0 Å². The van der Waals surface area contributed by atoms with Crippen molar-refractivity contribution in [2.45, 2.75) is 96.8 Å². The summed E-state index contributed by atoms with van der Waals surface area (Å²) in [6.07, 6.45) is 17.8. The summed E-state index contributed by atoms with van der Waals surface area (Å²) in [6.45, 7) is 9.62. The summed E-state index contributed by atoms with van der Waals surface area (Å²) in [7, 11) is 0. The molecule has 41 heavy (non-hydrogen) atoms. The van der Waals surface area contributed by atoms with Gasteiger partial charge < -0.3 is 0 Å². The first kappa shape index (κ1) is 32.6. The molecule has 0 aromatic heterocycles. The molecule has 4 heteroatoms. The van der Waals surface area contributed by atoms with E-state index >= 15 is 8.78 Å². The number of rotatable bonds is 16. The maximum absolute atomic E-state index is 15.4. The molecule has 1 aliphatic carbocycles. The summed E-state index contributed by atoms with van der Waals surface area (Å²) in [5, 5.41) is 0. The first-order valence-electron chi connectivity index (χ1n) is 15.4. The average Bonchev–Trinajstić information content (AvgIpc) is 2.99. The van der Waals surface area contributed by atoms with E-state index in [1.54, 1.807) is 42.5 Å². The maximum Gasteiger partial charge on any atom is 0.166 e. The SMILES string of the molecule is C=C/C=C(\C(F)=C(\F)Cc1ccc(-c2ccc(CCCCC=C)c(F)c2F)cc1)C1CCC(CCCCCC)CC1. The highest BCUT2D eigenvalue weighted by Gasteiger charge is 2.27. The number of benzene rings is 2. The fourth-order valence-electron chi connectivity index (χ4n) is 5.96. The monoisotopic (exact) mass is 566 g/mol. The van der Waals surface area contributed by atoms with Crippen LogP contribution in [0.5, 0.6) is 0 Å². The molecule has 0 N–H and O–H groups in total. The van der Waals surface area contributed by atoms with Gasteiger partial charge in [0.2, 0.25) is 0 Å². The molecule has 2 aromatic rings. The molecule has 222 valence electrons. The fraction of sp³-hybridized carbons (Fsp3) is 0.459. The van der Waals surface area contributed by atoms with Crippen LogP contribution in [0.15, 0.2) is 85.0 Å². The van der Waals surface area contributed by atoms with E-state index in [0.29, 0.717) is 34.6 Å². The van der Waals surface area contributed by atoms with Gasteiger partial charge in [-0.15, -0.1) is 6.58 Å². The predicted molar refractivity (Wildman–Crippen MR) is 165 cm³/mol. The second-order valence-electron chi connectivity index (χ2n) is 11.5. The highest BCUT2D eigenvalue weighted by molar-refractivity contribution is 5.65. The van der Waals surface area contributed by atoms with Crippen LogP contribution in [0.1, 0.15) is 95.1 Å². The Morgan fingerprint density at radius 3 is 2.24 bits per heavy atom. The zero-order chi connectivity index (χ0) is 29.6. The number of hydrogen-bond donors (Lipinski definition) is 0. The molecule has 0 bridgehead atoms. The van der Waals surface area contributed by atoms with E-state index in [1.165, 1.54) is 38.2 Å². The molecule has 0 radical (unpaired) electrons. The molecule has 0 aliphatic heterocycles. The Morgan fingerprint density at radius 2 is 1.59 bits per heavy atom. The number of aryl methyl sites for hydroxylation is 1. The largest absolute Gasteiger partial charge is 0.208 e. The molecule has 0 amide bonds. The lowest BCUT2D eigenvalue weighted by atomic mass is 9.76. The van der Waals surface area contributed by atoms with Crippen molar-refractivity contribution in [3.8, 4) is 11.1 Å². The second-order valence-corrected chi connectivity index (χ2v) is 11.5. The third-order valence-electron chi connectivity index (χ3n) is 8.43. The Labute approximate surface area is 245 Å². The van der Waals surface area contributed by atoms with Gasteiger partial charge in [-0.1, -0.05) is 100 Å². The summed E-state index contributed by atoms with van der Waals surface area (Å²) in [5.74, 6) is -2.64. The Kier molecular flexibility index (Phi) is 13.7. The Morgan fingerprint density at radius 1 is 0.854 bits per heavy atom. The van der Waals surface area contributed by atoms with Gasteiger partial charge in [0.1, 0.15) is 5.83 Å². The van der Waals surface area contributed by atoms with Crippen molar-refractivity contribution in [2.24, 2.45) is 11.8 Å². The highest BCUT2D eigenvalue weighted by atomic mass is 19.2. The minimum absolute atomic E-state index is 0.00384. The lowest BCUT2D eigenvalue weighted by Gasteiger charge is -2.30. The summed E-state index contributed by atoms with van der Waals surface area (Å²) in [5.41, 5.74) is 1.98. The van der Waals surface area contributed by atoms with E-state index in [-0.39, 0.29) is 17.9 Å². The van der Waals surface area contributed by atoms with Gasteiger partial charge in [-0.25, -0.2) is 17.6 Å². The molecule has 0 nitrogen and oxygen atoms in total. The van der Waals surface area contributed by atoms with Crippen molar-refractivity contribution >= 4 is 0 Å². The molecular formula is C37H46F4. The smallest absolute Gasteiger partial charge is 0.166 e. The van der Waals surface area contributed by atoms with Gasteiger partial charge in [0, 0.05) is 12.0 Å². The van der Waals surface area contributed by atoms with E-state index in [0.717, 1.165) is 44.9 Å². The van der Waals surface area contributed by atoms with Crippen molar-refractivity contribution in [3.05, 3.63) is 108 Å². The summed E-state index contributed by atoms with van der Waals surface area (Å²) >= 11 is 0. The Hall–Kier alpha value is -2.88. The number of hydrogen-bond acceptors (Lipinski definition) is 0. The third kappa shape index (κ3) is 9.58. The van der Waals surface area contributed by atoms with Gasteiger partial charge in [0.15, 0.2) is 17.5 Å². The zero-order valence-electron chi connectivity index (χ0n) is 24.7. The van der Waals surface area contributed by atoms with Crippen molar-refractivity contribution in [1.82, 2.24) is 0 Å². The van der Waals surface area contributed by atoms with E-state index in [2.05, 4.69) is 20.1 Å². The maximum atomic E-state index is 15.4. The highest BCUT2D eigenvalue weighted by Crippen LogP contribution is 2.39. The summed E-state index contributed by atoms with van der Waals surface area (Å²) in [4.78, 5) is 0. The first-order valence-corrected chi connectivity index (χ1v) is 15.4. The van der Waals surface area contributed by atoms with Crippen LogP contribution in [0.3, 0.4) is 0 Å². The van der Waals surface area contributed by atoms with E-state index < -0.39 is 23.3 Å². The van der Waals surface area contributed by atoms with Crippen LogP contribution in [0.25, 0.3) is 11.1 Å². The fourth-order valence-corrected chi connectivity index (χ4v) is 5.96. The molecule has 1 aliphatic rings. The third-order valence-corrected chi connectivity index (χ3v) is 8.43. The van der Waals surface area contributed by atoms with Crippen LogP contribution in [-0.2, 0) is 12.8 Å². The predicted octanol–water partition coefficient (Wildman–Crippen LogP) is 12.1. The minimum Gasteiger partial charge on any atom is -0.208 e. The topological polar surface area (TPSA) is 0 Å². The van der Waals surface area contributed by atoms with Gasteiger partial charge in [0.05, 0.1) is 0 Å². The summed E-state index contributed by atoms with van der Waals surface area (Å²) < 4.78 is 60.1. The molecule has 0 heterocycles. The Bertz CT molecular complexity index is 1180. The van der Waals surface area contributed by atoms with Crippen LogP contribution >= 0.6 is 0 Å². The van der Waals surface area contributed by atoms with E-state index in [1.807, 2.05) is 6.08 Å². The second kappa shape index (κ2) is 17.2. The van der Waals surface area contributed by atoms with Gasteiger partial charge >= 0.3 is 0 Å². The molecule has 0 atom stereocenters. The van der Waals surface area contributed by atoms with Gasteiger partial charge in [-0.2, -0.15) is 0 Å². The molecule has 2 aromatic carbocycles. The van der Waals surface area contributed by atoms with Crippen molar-refractivity contribution < 1.29 is 17.6 Å². The quantitative estimate of drug-likeness (QED) is 0.0820. The lowest BCUT2D eigenvalue weighted by molar-refractivity contribution is 0.278. The first-order chi connectivity index (χ1) is 19.9. The molecule has 0 spiro atoms. The number of halogens is 4. The number of unbranched alkanes of at least 4 members (excludes halogenated alkanes) is 5. The lowest BCUT2D eigenvalue weighted by Crippen LogP contribution is -2.17. The average molecular weight is 567 g/mol. The van der Waals surface area contributed by atoms with Crippen LogP contribution < -0.4 is 0 Å². The standard InChI is InChI=1S/C37H46F4/c1-4-7-9-11-14-27-16-20-29(21-17-27)32(13-6-3)36(40)34(38)26-28-18-22-30(23-19-28)33-25-24-31(35(39)37(33)41)15-12-10-8-5-2/h5-6,13,18-19,22-25,27,29H,2-4,7-12,14-17,20-21,26H2,1H3/b32-13-,36-34-. The van der Waals surface area contributed by atoms with Gasteiger partial charge in [-0.3, -0.25) is 0 Å². The van der Waals surface area contributed by atoms with Crippen LogP contribution in [0, 0.1) is 23.5 Å². The number of allylic oxidation sites excluding steroid dienone is 6. The molecule has 0 saturated heterocycles. The van der Waals surface area contributed by atoms with Crippen molar-refractivity contribution in [2.75, 3.05) is 0 Å². The van der Waals surface area contributed by atoms with Crippen LogP contribution in [0.4, 0.5) is 17.6 Å². The van der Waals surface area contributed by atoms with Crippen LogP contribution in [-0.4, -0.2) is 0 Å². The van der Waals surface area contributed by atoms with Crippen LogP contribution in [0.2, 0.25) is 0 Å². The van der Waals surface area contributed by atoms with Crippen molar-refractivity contribution in [1.29, 1.82) is 0 Å². The molecule has 3 rings (SSSR count). The van der Waals surface area contributed by atoms with E-state index in [9.17, 15) is 8.78 Å². The van der Waals surface area contributed by atoms with Gasteiger partial charge in [-0.05, 0) is 85.5 Å². The molecule has 1 saturated carbocycles. The zero-order valence-corrected chi connectivity index (χ0v) is 24.7. The Balaban J connectivity index is 1.64. The minimum atomic E-state index is -0.883. The summed E-state index contributed by atoms with van der Waals surface area (Å²) in [6, 6.07) is 9.75. The normalized spacial score (nSPS) is 18.2. The molecule has 1 fully saturated rings.